The van der Waals surface area contributed by atoms with Crippen LogP contribution in [0.3, 0.4) is 0 Å². The maximum atomic E-state index is 10.8. The van der Waals surface area contributed by atoms with Crippen molar-refractivity contribution in [3.63, 3.8) is 0 Å². The number of rotatable bonds is 4. The van der Waals surface area contributed by atoms with Crippen LogP contribution in [0.15, 0.2) is 23.5 Å². The number of halogens is 1. The van der Waals surface area contributed by atoms with E-state index >= 15 is 0 Å². The lowest BCUT2D eigenvalue weighted by Gasteiger charge is -2.04. The molecule has 2 heterocycles. The molecule has 0 aliphatic heterocycles. The topological polar surface area (TPSA) is 64.3 Å². The van der Waals surface area contributed by atoms with E-state index in [9.17, 15) is 8.42 Å². The van der Waals surface area contributed by atoms with Gasteiger partial charge in [-0.15, -0.1) is 11.8 Å². The van der Waals surface area contributed by atoms with Gasteiger partial charge in [0, 0.05) is 16.4 Å². The monoisotopic (exact) mass is 291 g/mol. The molecule has 0 aliphatic carbocycles. The zero-order chi connectivity index (χ0) is 12.5. The van der Waals surface area contributed by atoms with E-state index in [1.165, 1.54) is 18.1 Å². The van der Waals surface area contributed by atoms with Gasteiger partial charge in [0.15, 0.2) is 5.65 Å². The number of nitrogens with zero attached hydrogens (tertiary/aromatic N) is 3. The lowest BCUT2D eigenvalue weighted by Crippen LogP contribution is -2.01. The summed E-state index contributed by atoms with van der Waals surface area (Å²) < 4.78 is 23.3. The van der Waals surface area contributed by atoms with Crippen LogP contribution in [0.25, 0.3) is 5.65 Å². The molecule has 5 nitrogen and oxygen atoms in total. The van der Waals surface area contributed by atoms with Gasteiger partial charge in [-0.1, -0.05) is 0 Å². The average molecular weight is 292 g/mol. The largest absolute Gasteiger partial charge is 0.233 e. The van der Waals surface area contributed by atoms with Crippen LogP contribution in [0.2, 0.25) is 0 Å². The first kappa shape index (κ1) is 12.7. The minimum absolute atomic E-state index is 0.0661. The van der Waals surface area contributed by atoms with Gasteiger partial charge in [-0.3, -0.25) is 0 Å². The highest BCUT2D eigenvalue weighted by Gasteiger charge is 2.08. The summed E-state index contributed by atoms with van der Waals surface area (Å²) in [4.78, 5) is 4.09. The van der Waals surface area contributed by atoms with Crippen LogP contribution in [-0.2, 0) is 9.05 Å². The lowest BCUT2D eigenvalue weighted by molar-refractivity contribution is 0.611. The van der Waals surface area contributed by atoms with E-state index < -0.39 is 9.05 Å². The third-order valence-corrected chi connectivity index (χ3v) is 4.48. The first-order valence-electron chi connectivity index (χ1n) is 4.81. The van der Waals surface area contributed by atoms with Crippen molar-refractivity contribution in [3.8, 4) is 0 Å². The van der Waals surface area contributed by atoms with Crippen LogP contribution in [0, 0.1) is 6.92 Å². The second-order valence-corrected chi connectivity index (χ2v) is 7.50. The fourth-order valence-corrected chi connectivity index (χ4v) is 3.81. The molecule has 0 atom stereocenters. The molecule has 0 spiro atoms. The van der Waals surface area contributed by atoms with Crippen LogP contribution in [0.4, 0.5) is 0 Å². The van der Waals surface area contributed by atoms with Crippen molar-refractivity contribution in [1.29, 1.82) is 0 Å². The summed E-state index contributed by atoms with van der Waals surface area (Å²) in [6, 6.07) is 3.85. The van der Waals surface area contributed by atoms with Gasteiger partial charge in [-0.25, -0.2) is 17.9 Å². The minimum Gasteiger partial charge on any atom is -0.215 e. The molecule has 0 amide bonds. The Kier molecular flexibility index (Phi) is 3.60. The summed E-state index contributed by atoms with van der Waals surface area (Å²) in [5.41, 5.74) is 1.81. The highest BCUT2D eigenvalue weighted by atomic mass is 35.7. The van der Waals surface area contributed by atoms with E-state index in [0.29, 0.717) is 5.75 Å². The fourth-order valence-electron chi connectivity index (χ4n) is 1.37. The average Bonchev–Trinajstić information content (AvgIpc) is 2.63. The molecule has 0 N–H and O–H groups in total. The molecule has 0 fully saturated rings. The second kappa shape index (κ2) is 4.83. The van der Waals surface area contributed by atoms with Gasteiger partial charge in [-0.05, 0) is 24.6 Å². The lowest BCUT2D eigenvalue weighted by atomic mass is 10.3. The van der Waals surface area contributed by atoms with Crippen molar-refractivity contribution in [2.75, 3.05) is 11.5 Å². The molecule has 2 aromatic rings. The molecule has 17 heavy (non-hydrogen) atoms. The number of fused-ring (bicyclic) bond motifs is 1. The second-order valence-electron chi connectivity index (χ2n) is 3.49. The summed E-state index contributed by atoms with van der Waals surface area (Å²) in [7, 11) is 1.71. The number of pyridine rings is 1. The van der Waals surface area contributed by atoms with Crippen molar-refractivity contribution in [3.05, 3.63) is 24.0 Å². The van der Waals surface area contributed by atoms with E-state index in [1.807, 2.05) is 19.1 Å². The number of hydrogen-bond donors (Lipinski definition) is 0. The molecular weight excluding hydrogens is 282 g/mol. The van der Waals surface area contributed by atoms with E-state index in [2.05, 4.69) is 10.1 Å². The molecule has 8 heteroatoms. The van der Waals surface area contributed by atoms with Crippen LogP contribution in [-0.4, -0.2) is 34.5 Å². The zero-order valence-corrected chi connectivity index (χ0v) is 11.4. The van der Waals surface area contributed by atoms with Crippen molar-refractivity contribution >= 4 is 37.1 Å². The van der Waals surface area contributed by atoms with E-state index in [1.54, 1.807) is 4.52 Å². The molecule has 2 aromatic heterocycles. The van der Waals surface area contributed by atoms with Gasteiger partial charge in [-0.2, -0.15) is 5.10 Å². The quantitative estimate of drug-likeness (QED) is 0.634. The Morgan fingerprint density at radius 1 is 1.47 bits per heavy atom. The minimum atomic E-state index is -3.44. The molecule has 0 aromatic carbocycles. The summed E-state index contributed by atoms with van der Waals surface area (Å²) >= 11 is 1.39. The molecule has 0 aliphatic rings. The number of aryl methyl sites for hydroxylation is 1. The third-order valence-electron chi connectivity index (χ3n) is 2.07. The molecule has 2 rings (SSSR count). The molecule has 0 saturated carbocycles. The Morgan fingerprint density at radius 3 is 2.94 bits per heavy atom. The normalized spacial score (nSPS) is 12.1. The Balaban J connectivity index is 2.20. The highest BCUT2D eigenvalue weighted by Crippen LogP contribution is 2.20. The van der Waals surface area contributed by atoms with Crippen molar-refractivity contribution in [2.24, 2.45) is 0 Å². The number of aromatic nitrogens is 3. The molecule has 0 saturated heterocycles. The van der Waals surface area contributed by atoms with Gasteiger partial charge in [0.1, 0.15) is 11.4 Å². The third kappa shape index (κ3) is 3.34. The predicted octanol–water partition coefficient (Wildman–Crippen LogP) is 1.70. The van der Waals surface area contributed by atoms with E-state index in [0.717, 1.165) is 16.2 Å². The highest BCUT2D eigenvalue weighted by molar-refractivity contribution is 8.14. The summed E-state index contributed by atoms with van der Waals surface area (Å²) in [6.45, 7) is 1.96. The van der Waals surface area contributed by atoms with Gasteiger partial charge in [0.2, 0.25) is 9.05 Å². The molecule has 0 bridgehead atoms. The van der Waals surface area contributed by atoms with E-state index in [-0.39, 0.29) is 5.75 Å². The smallest absolute Gasteiger partial charge is 0.215 e. The van der Waals surface area contributed by atoms with Crippen LogP contribution in [0.1, 0.15) is 5.56 Å². The molecule has 92 valence electrons. The van der Waals surface area contributed by atoms with Gasteiger partial charge >= 0.3 is 0 Å². The Morgan fingerprint density at radius 2 is 2.24 bits per heavy atom. The Bertz CT molecular complexity index is 639. The maximum absolute atomic E-state index is 10.8. The number of hydrogen-bond acceptors (Lipinski definition) is 5. The SMILES string of the molecule is Cc1cc(SCCS(=O)(=O)Cl)n2ncnc2c1. The van der Waals surface area contributed by atoms with Crippen molar-refractivity contribution < 1.29 is 8.42 Å². The zero-order valence-electron chi connectivity index (χ0n) is 9.00. The van der Waals surface area contributed by atoms with Gasteiger partial charge in [0.05, 0.1) is 5.75 Å². The molecule has 0 radical (unpaired) electrons. The molecule has 0 unspecified atom stereocenters. The van der Waals surface area contributed by atoms with Crippen LogP contribution in [0.5, 0.6) is 0 Å². The summed E-state index contributed by atoms with van der Waals surface area (Å²) in [5.74, 6) is 0.327. The maximum Gasteiger partial charge on any atom is 0.233 e. The fraction of sp³-hybridized carbons (Fsp3) is 0.333. The van der Waals surface area contributed by atoms with Crippen molar-refractivity contribution in [1.82, 2.24) is 14.6 Å². The van der Waals surface area contributed by atoms with Crippen LogP contribution >= 0.6 is 22.4 Å². The van der Waals surface area contributed by atoms with Gasteiger partial charge in [0.25, 0.3) is 0 Å². The first-order chi connectivity index (χ1) is 7.96. The Labute approximate surface area is 108 Å². The van der Waals surface area contributed by atoms with E-state index in [4.69, 9.17) is 10.7 Å². The first-order valence-corrected chi connectivity index (χ1v) is 8.28. The summed E-state index contributed by atoms with van der Waals surface area (Å²) in [6.07, 6.45) is 1.47. The summed E-state index contributed by atoms with van der Waals surface area (Å²) in [5, 5.41) is 4.94. The molecular formula is C9H10ClN3O2S2. The number of thioether (sulfide) groups is 1. The van der Waals surface area contributed by atoms with Crippen molar-refractivity contribution in [2.45, 2.75) is 11.9 Å². The predicted molar refractivity (Wildman–Crippen MR) is 68.1 cm³/mol. The Hall–Kier alpha value is -0.790. The van der Waals surface area contributed by atoms with Gasteiger partial charge < -0.3 is 0 Å². The standard InChI is InChI=1S/C9H10ClN3O2S2/c1-7-4-8-11-6-12-13(8)9(5-7)16-2-3-17(10,14)15/h4-6H,2-3H2,1H3. The van der Waals surface area contributed by atoms with Crippen LogP contribution < -0.4 is 0 Å².